The van der Waals surface area contributed by atoms with Gasteiger partial charge in [0.25, 0.3) is 0 Å². The fraction of sp³-hybridized carbons (Fsp3) is 0.667. The van der Waals surface area contributed by atoms with E-state index in [1.165, 1.54) is 0 Å². The summed E-state index contributed by atoms with van der Waals surface area (Å²) in [5, 5.41) is 5.85. The number of aromatic nitrogens is 1. The van der Waals surface area contributed by atoms with E-state index in [-0.39, 0.29) is 30.7 Å². The van der Waals surface area contributed by atoms with Crippen molar-refractivity contribution in [1.82, 2.24) is 10.3 Å². The molecule has 1 heterocycles. The van der Waals surface area contributed by atoms with E-state index < -0.39 is 0 Å². The number of hydrogen-bond donors (Lipinski definition) is 2. The van der Waals surface area contributed by atoms with Crippen molar-refractivity contribution in [3.05, 3.63) is 16.1 Å². The lowest BCUT2D eigenvalue weighted by Gasteiger charge is -2.03. The number of nitrogens with one attached hydrogen (secondary N) is 1. The molecule has 0 radical (unpaired) electrons. The van der Waals surface area contributed by atoms with Crippen LogP contribution in [-0.4, -0.2) is 17.4 Å². The maximum atomic E-state index is 11.5. The molecule has 0 spiro atoms. The van der Waals surface area contributed by atoms with Gasteiger partial charge in [-0.2, -0.15) is 0 Å². The fourth-order valence-electron chi connectivity index (χ4n) is 1.53. The van der Waals surface area contributed by atoms with E-state index in [0.29, 0.717) is 13.0 Å². The predicted molar refractivity (Wildman–Crippen MR) is 85.3 cm³/mol. The SMILES string of the molecule is Cc1csc(CNC(=O)CCCCCCN)n1.Cl.Cl. The number of nitrogens with zero attached hydrogens (tertiary/aromatic N) is 1. The number of amides is 1. The maximum absolute atomic E-state index is 11.5. The minimum atomic E-state index is 0. The van der Waals surface area contributed by atoms with Crippen LogP contribution in [0.5, 0.6) is 0 Å². The predicted octanol–water partition coefficient (Wildman–Crippen LogP) is 2.82. The Morgan fingerprint density at radius 2 is 2.00 bits per heavy atom. The number of unbranched alkanes of at least 4 members (excludes halogenated alkanes) is 3. The van der Waals surface area contributed by atoms with Crippen LogP contribution in [0.1, 0.15) is 42.8 Å². The van der Waals surface area contributed by atoms with Crippen LogP contribution in [0.25, 0.3) is 0 Å². The molecule has 4 nitrogen and oxygen atoms in total. The van der Waals surface area contributed by atoms with Crippen molar-refractivity contribution in [3.63, 3.8) is 0 Å². The average molecular weight is 328 g/mol. The minimum Gasteiger partial charge on any atom is -0.350 e. The molecule has 0 fully saturated rings. The van der Waals surface area contributed by atoms with E-state index in [9.17, 15) is 4.79 Å². The lowest BCUT2D eigenvalue weighted by molar-refractivity contribution is -0.121. The van der Waals surface area contributed by atoms with Gasteiger partial charge < -0.3 is 11.1 Å². The second kappa shape index (κ2) is 12.7. The Morgan fingerprint density at radius 3 is 2.58 bits per heavy atom. The zero-order valence-electron chi connectivity index (χ0n) is 11.2. The summed E-state index contributed by atoms with van der Waals surface area (Å²) < 4.78 is 0. The molecule has 1 aromatic heterocycles. The van der Waals surface area contributed by atoms with E-state index in [1.54, 1.807) is 11.3 Å². The molecule has 1 aromatic rings. The van der Waals surface area contributed by atoms with Gasteiger partial charge in [-0.3, -0.25) is 4.79 Å². The van der Waals surface area contributed by atoms with Gasteiger partial charge in [0, 0.05) is 17.5 Å². The first kappa shape index (κ1) is 20.9. The monoisotopic (exact) mass is 327 g/mol. The summed E-state index contributed by atoms with van der Waals surface area (Å²) in [5.41, 5.74) is 6.41. The summed E-state index contributed by atoms with van der Waals surface area (Å²) >= 11 is 1.59. The number of thiazole rings is 1. The quantitative estimate of drug-likeness (QED) is 0.721. The molecule has 1 amide bonds. The second-order valence-corrected chi connectivity index (χ2v) is 5.05. The van der Waals surface area contributed by atoms with E-state index in [0.717, 1.165) is 42.9 Å². The molecule has 3 N–H and O–H groups in total. The number of hydrogen-bond acceptors (Lipinski definition) is 4. The molecule has 19 heavy (non-hydrogen) atoms. The van der Waals surface area contributed by atoms with Crippen LogP contribution in [0.2, 0.25) is 0 Å². The highest BCUT2D eigenvalue weighted by atomic mass is 35.5. The summed E-state index contributed by atoms with van der Waals surface area (Å²) in [6.45, 7) is 3.26. The molecule has 7 heteroatoms. The molecular formula is C12H23Cl2N3OS. The molecule has 0 unspecified atom stereocenters. The van der Waals surface area contributed by atoms with E-state index in [4.69, 9.17) is 5.73 Å². The Balaban J connectivity index is 0. The standard InChI is InChI=1S/C12H21N3OS.2ClH/c1-10-9-17-12(15-10)8-14-11(16)6-4-2-3-5-7-13;;/h9H,2-8,13H2,1H3,(H,14,16);2*1H. The highest BCUT2D eigenvalue weighted by Gasteiger charge is 2.03. The number of carbonyl (C=O) groups excluding carboxylic acids is 1. The first-order valence-corrected chi connectivity index (χ1v) is 6.98. The third-order valence-electron chi connectivity index (χ3n) is 2.46. The lowest BCUT2D eigenvalue weighted by Crippen LogP contribution is -2.22. The van der Waals surface area contributed by atoms with Gasteiger partial charge in [0.1, 0.15) is 5.01 Å². The first-order chi connectivity index (χ1) is 8.22. The Kier molecular flexibility index (Phi) is 14.0. The molecule has 0 aliphatic heterocycles. The molecule has 0 aliphatic carbocycles. The van der Waals surface area contributed by atoms with Crippen molar-refractivity contribution in [1.29, 1.82) is 0 Å². The van der Waals surface area contributed by atoms with E-state index >= 15 is 0 Å². The molecule has 0 bridgehead atoms. The van der Waals surface area contributed by atoms with Crippen LogP contribution < -0.4 is 11.1 Å². The zero-order chi connectivity index (χ0) is 12.5. The topological polar surface area (TPSA) is 68.0 Å². The number of rotatable bonds is 8. The van der Waals surface area contributed by atoms with Crippen molar-refractivity contribution in [2.24, 2.45) is 5.73 Å². The average Bonchev–Trinajstić information content (AvgIpc) is 2.72. The third-order valence-corrected chi connectivity index (χ3v) is 3.43. The van der Waals surface area contributed by atoms with Crippen molar-refractivity contribution in [2.45, 2.75) is 45.6 Å². The highest BCUT2D eigenvalue weighted by molar-refractivity contribution is 7.09. The molecule has 0 saturated carbocycles. The summed E-state index contributed by atoms with van der Waals surface area (Å²) in [6, 6.07) is 0. The van der Waals surface area contributed by atoms with Gasteiger partial charge in [-0.15, -0.1) is 36.2 Å². The summed E-state index contributed by atoms with van der Waals surface area (Å²) in [6.07, 6.45) is 4.81. The Bertz CT molecular complexity index is 347. The van der Waals surface area contributed by atoms with Gasteiger partial charge in [0.15, 0.2) is 0 Å². The molecule has 0 saturated heterocycles. The van der Waals surface area contributed by atoms with Gasteiger partial charge in [-0.05, 0) is 26.3 Å². The number of halogens is 2. The van der Waals surface area contributed by atoms with E-state index in [2.05, 4.69) is 10.3 Å². The third kappa shape index (κ3) is 10.1. The Labute approximate surface area is 131 Å². The van der Waals surface area contributed by atoms with Crippen LogP contribution in [0.15, 0.2) is 5.38 Å². The highest BCUT2D eigenvalue weighted by Crippen LogP contribution is 2.08. The first-order valence-electron chi connectivity index (χ1n) is 6.10. The second-order valence-electron chi connectivity index (χ2n) is 4.11. The molecule has 0 aromatic carbocycles. The van der Waals surface area contributed by atoms with Gasteiger partial charge in [0.2, 0.25) is 5.91 Å². The molecule has 0 aliphatic rings. The van der Waals surface area contributed by atoms with Crippen molar-refractivity contribution < 1.29 is 4.79 Å². The lowest BCUT2D eigenvalue weighted by atomic mass is 10.1. The fourth-order valence-corrected chi connectivity index (χ4v) is 2.24. The molecule has 0 atom stereocenters. The van der Waals surface area contributed by atoms with Crippen LogP contribution >= 0.6 is 36.2 Å². The van der Waals surface area contributed by atoms with Gasteiger partial charge in [-0.25, -0.2) is 4.98 Å². The normalized spacial score (nSPS) is 9.37. The largest absolute Gasteiger partial charge is 0.350 e. The van der Waals surface area contributed by atoms with E-state index in [1.807, 2.05) is 12.3 Å². The molecule has 1 rings (SSSR count). The van der Waals surface area contributed by atoms with Crippen molar-refractivity contribution in [3.8, 4) is 0 Å². The number of carbonyl (C=O) groups is 1. The number of nitrogens with two attached hydrogens (primary N) is 1. The van der Waals surface area contributed by atoms with Crippen molar-refractivity contribution >= 4 is 42.1 Å². The van der Waals surface area contributed by atoms with Gasteiger partial charge in [0.05, 0.1) is 6.54 Å². The van der Waals surface area contributed by atoms with Crippen LogP contribution in [-0.2, 0) is 11.3 Å². The van der Waals surface area contributed by atoms with Crippen LogP contribution in [0, 0.1) is 6.92 Å². The molecule has 112 valence electrons. The zero-order valence-corrected chi connectivity index (χ0v) is 13.6. The molecular weight excluding hydrogens is 305 g/mol. The van der Waals surface area contributed by atoms with Gasteiger partial charge in [-0.1, -0.05) is 12.8 Å². The summed E-state index contributed by atoms with van der Waals surface area (Å²) in [4.78, 5) is 15.8. The summed E-state index contributed by atoms with van der Waals surface area (Å²) in [7, 11) is 0. The van der Waals surface area contributed by atoms with Crippen LogP contribution in [0.4, 0.5) is 0 Å². The van der Waals surface area contributed by atoms with Crippen molar-refractivity contribution in [2.75, 3.05) is 6.54 Å². The summed E-state index contributed by atoms with van der Waals surface area (Å²) in [5.74, 6) is 0.116. The smallest absolute Gasteiger partial charge is 0.220 e. The van der Waals surface area contributed by atoms with Gasteiger partial charge >= 0.3 is 0 Å². The Hall–Kier alpha value is -0.360. The minimum absolute atomic E-state index is 0. The van der Waals surface area contributed by atoms with Crippen LogP contribution in [0.3, 0.4) is 0 Å². The Morgan fingerprint density at radius 1 is 1.32 bits per heavy atom. The maximum Gasteiger partial charge on any atom is 0.220 e. The number of aryl methyl sites for hydroxylation is 1.